The lowest BCUT2D eigenvalue weighted by Crippen LogP contribution is -2.70. The van der Waals surface area contributed by atoms with Crippen molar-refractivity contribution in [1.29, 1.82) is 0 Å². The van der Waals surface area contributed by atoms with Gasteiger partial charge >= 0.3 is 5.97 Å². The standard InChI is InChI=1S/C24H18ClN7O7S2/c25-13-3-7-15(8-4-13)39-29-17(19-28-24(26)41-30-19)20(33)27-18-21(34)31-16(9-10-40-22(18)31)23(35)38-11-12-1-5-14(6-2-12)32(36)37/h1-9,18,22H,10-11H2,(H,27,33)(H2,26,28,30)/b29-17+. The first-order chi connectivity index (χ1) is 19.7. The number of hydrogen-bond acceptors (Lipinski definition) is 13. The summed E-state index contributed by atoms with van der Waals surface area (Å²) in [6.45, 7) is -0.147. The monoisotopic (exact) mass is 615 g/mol. The zero-order valence-electron chi connectivity index (χ0n) is 20.6. The first kappa shape index (κ1) is 28.0. The molecule has 2 aromatic carbocycles. The number of nitrogens with one attached hydrogen (secondary N) is 1. The number of β-lactam (4-membered cyclic amide) rings is 1. The van der Waals surface area contributed by atoms with Crippen LogP contribution in [0.4, 0.5) is 10.8 Å². The number of fused-ring (bicyclic) bond motifs is 1. The van der Waals surface area contributed by atoms with Crippen LogP contribution in [0.1, 0.15) is 11.4 Å². The number of esters is 1. The van der Waals surface area contributed by atoms with E-state index in [2.05, 4.69) is 19.8 Å². The first-order valence-electron chi connectivity index (χ1n) is 11.7. The molecule has 2 aliphatic heterocycles. The minimum Gasteiger partial charge on any atom is -0.456 e. The number of hydrogen-bond donors (Lipinski definition) is 2. The van der Waals surface area contributed by atoms with Gasteiger partial charge in [0.05, 0.1) is 4.92 Å². The molecule has 17 heteroatoms. The zero-order valence-corrected chi connectivity index (χ0v) is 23.0. The molecule has 0 spiro atoms. The Morgan fingerprint density at radius 3 is 2.61 bits per heavy atom. The molecule has 0 saturated carbocycles. The summed E-state index contributed by atoms with van der Waals surface area (Å²) in [6.07, 6.45) is 1.56. The van der Waals surface area contributed by atoms with E-state index in [0.29, 0.717) is 22.1 Å². The summed E-state index contributed by atoms with van der Waals surface area (Å²) in [5, 5.41) is 17.3. The third-order valence-corrected chi connectivity index (χ3v) is 7.76. The van der Waals surface area contributed by atoms with Gasteiger partial charge in [0.1, 0.15) is 23.7 Å². The lowest BCUT2D eigenvalue weighted by Gasteiger charge is -2.48. The Balaban J connectivity index is 1.24. The quantitative estimate of drug-likeness (QED) is 0.118. The van der Waals surface area contributed by atoms with Crippen molar-refractivity contribution in [1.82, 2.24) is 19.6 Å². The highest BCUT2D eigenvalue weighted by Gasteiger charge is 2.53. The second-order valence-electron chi connectivity index (χ2n) is 8.41. The van der Waals surface area contributed by atoms with Crippen molar-refractivity contribution in [2.45, 2.75) is 18.0 Å². The maximum absolute atomic E-state index is 13.2. The van der Waals surface area contributed by atoms with Crippen molar-refractivity contribution in [2.75, 3.05) is 11.5 Å². The van der Waals surface area contributed by atoms with E-state index >= 15 is 0 Å². The number of carbonyl (C=O) groups excluding carboxylic acids is 3. The number of non-ortho nitro benzene ring substituents is 1. The number of nitro benzene ring substituents is 1. The zero-order chi connectivity index (χ0) is 29.1. The van der Waals surface area contributed by atoms with Gasteiger partial charge in [-0.3, -0.25) is 24.6 Å². The second-order valence-corrected chi connectivity index (χ2v) is 10.8. The molecule has 0 aliphatic carbocycles. The van der Waals surface area contributed by atoms with Crippen LogP contribution in [0.2, 0.25) is 5.02 Å². The number of carbonyl (C=O) groups is 3. The van der Waals surface area contributed by atoms with Crippen molar-refractivity contribution in [3.05, 3.63) is 86.8 Å². The number of nitro groups is 1. The summed E-state index contributed by atoms with van der Waals surface area (Å²) >= 11 is 8.08. The van der Waals surface area contributed by atoms with Gasteiger partial charge in [-0.25, -0.2) is 4.79 Å². The highest BCUT2D eigenvalue weighted by Crippen LogP contribution is 2.38. The average Bonchev–Trinajstić information content (AvgIpc) is 3.40. The summed E-state index contributed by atoms with van der Waals surface area (Å²) in [6, 6.07) is 10.8. The van der Waals surface area contributed by atoms with Gasteiger partial charge in [-0.15, -0.1) is 11.8 Å². The van der Waals surface area contributed by atoms with Gasteiger partial charge in [0, 0.05) is 34.4 Å². The Morgan fingerprint density at radius 1 is 1.22 bits per heavy atom. The van der Waals surface area contributed by atoms with Crippen molar-refractivity contribution in [2.24, 2.45) is 5.16 Å². The topological polar surface area (TPSA) is 192 Å². The Labute approximate surface area is 244 Å². The van der Waals surface area contributed by atoms with Crippen LogP contribution in [-0.2, 0) is 25.7 Å². The van der Waals surface area contributed by atoms with Crippen LogP contribution in [-0.4, -0.2) is 59.8 Å². The van der Waals surface area contributed by atoms with E-state index in [-0.39, 0.29) is 34.7 Å². The molecule has 1 aromatic heterocycles. The maximum Gasteiger partial charge on any atom is 0.355 e. The van der Waals surface area contributed by atoms with Crippen molar-refractivity contribution >= 4 is 69.2 Å². The molecule has 1 saturated heterocycles. The molecule has 2 amide bonds. The van der Waals surface area contributed by atoms with E-state index in [1.807, 2.05) is 0 Å². The van der Waals surface area contributed by atoms with Gasteiger partial charge in [-0.05, 0) is 48.0 Å². The largest absolute Gasteiger partial charge is 0.456 e. The van der Waals surface area contributed by atoms with E-state index in [1.54, 1.807) is 30.3 Å². The number of aromatic nitrogens is 2. The van der Waals surface area contributed by atoms with Crippen molar-refractivity contribution in [3.8, 4) is 5.75 Å². The number of halogens is 1. The van der Waals surface area contributed by atoms with Crippen LogP contribution in [0.3, 0.4) is 0 Å². The molecule has 0 bridgehead atoms. The minimum atomic E-state index is -0.976. The number of nitrogen functional groups attached to an aromatic ring is 1. The Morgan fingerprint density at radius 2 is 1.95 bits per heavy atom. The number of amides is 2. The molecule has 3 heterocycles. The maximum atomic E-state index is 13.2. The van der Waals surface area contributed by atoms with Crippen molar-refractivity contribution in [3.63, 3.8) is 0 Å². The molecule has 2 atom stereocenters. The Kier molecular flexibility index (Phi) is 8.14. The first-order valence-corrected chi connectivity index (χ1v) is 13.9. The molecule has 3 N–H and O–H groups in total. The minimum absolute atomic E-state index is 0.0417. The van der Waals surface area contributed by atoms with Gasteiger partial charge in [0.25, 0.3) is 17.5 Å². The van der Waals surface area contributed by atoms with Gasteiger partial charge in [-0.2, -0.15) is 9.36 Å². The molecular weight excluding hydrogens is 598 g/mol. The van der Waals surface area contributed by atoms with Crippen molar-refractivity contribution < 1.29 is 28.9 Å². The van der Waals surface area contributed by atoms with Crippen LogP contribution in [0.25, 0.3) is 0 Å². The summed E-state index contributed by atoms with van der Waals surface area (Å²) in [5.74, 6) is -1.47. The molecule has 0 radical (unpaired) electrons. The predicted octanol–water partition coefficient (Wildman–Crippen LogP) is 2.49. The van der Waals surface area contributed by atoms with Crippen LogP contribution in [0.5, 0.6) is 5.75 Å². The number of oxime groups is 1. The third kappa shape index (κ3) is 6.13. The summed E-state index contributed by atoms with van der Waals surface area (Å²) < 4.78 is 9.34. The summed E-state index contributed by atoms with van der Waals surface area (Å²) in [4.78, 5) is 59.9. The lowest BCUT2D eigenvalue weighted by molar-refractivity contribution is -0.384. The molecule has 210 valence electrons. The van der Waals surface area contributed by atoms with E-state index in [4.69, 9.17) is 26.9 Å². The normalized spacial score (nSPS) is 18.1. The van der Waals surface area contributed by atoms with E-state index in [1.165, 1.54) is 40.9 Å². The number of ether oxygens (including phenoxy) is 1. The van der Waals surface area contributed by atoms with Gasteiger partial charge in [-0.1, -0.05) is 16.8 Å². The van der Waals surface area contributed by atoms with Gasteiger partial charge < -0.3 is 20.6 Å². The van der Waals surface area contributed by atoms with Gasteiger partial charge in [0.15, 0.2) is 10.9 Å². The predicted molar refractivity (Wildman–Crippen MR) is 149 cm³/mol. The molecule has 14 nitrogen and oxygen atoms in total. The molecule has 3 aromatic rings. The molecule has 1 fully saturated rings. The average molecular weight is 616 g/mol. The smallest absolute Gasteiger partial charge is 0.355 e. The van der Waals surface area contributed by atoms with E-state index in [0.717, 1.165) is 11.5 Å². The molecule has 2 aliphatic rings. The van der Waals surface area contributed by atoms with E-state index < -0.39 is 34.1 Å². The van der Waals surface area contributed by atoms with Crippen LogP contribution in [0.15, 0.2) is 65.5 Å². The highest BCUT2D eigenvalue weighted by atomic mass is 35.5. The fourth-order valence-corrected chi connectivity index (χ4v) is 5.54. The van der Waals surface area contributed by atoms with Gasteiger partial charge in [0.2, 0.25) is 11.5 Å². The number of benzene rings is 2. The number of anilines is 1. The van der Waals surface area contributed by atoms with Crippen LogP contribution >= 0.6 is 34.9 Å². The van der Waals surface area contributed by atoms with Crippen LogP contribution in [0, 0.1) is 10.1 Å². The lowest BCUT2D eigenvalue weighted by atomic mass is 10.0. The SMILES string of the molecule is Nc1nc(/C(=N\Oc2ccc(Cl)cc2)C(=O)NC2C(=O)N3C(C(=O)OCc4ccc([N+](=O)[O-])cc4)=CCSC23)ns1. The highest BCUT2D eigenvalue weighted by molar-refractivity contribution is 8.00. The molecule has 41 heavy (non-hydrogen) atoms. The number of nitrogens with zero attached hydrogens (tertiary/aromatic N) is 5. The number of nitrogens with two attached hydrogens (primary N) is 1. The number of rotatable bonds is 9. The molecule has 5 rings (SSSR count). The Hall–Kier alpha value is -4.54. The summed E-state index contributed by atoms with van der Waals surface area (Å²) in [5.41, 5.74) is 5.86. The third-order valence-electron chi connectivity index (χ3n) is 5.78. The van der Waals surface area contributed by atoms with E-state index in [9.17, 15) is 24.5 Å². The fraction of sp³-hybridized carbons (Fsp3) is 0.167. The van der Waals surface area contributed by atoms with Crippen LogP contribution < -0.4 is 15.9 Å². The second kappa shape index (κ2) is 11.9. The molecule has 2 unspecified atom stereocenters. The summed E-state index contributed by atoms with van der Waals surface area (Å²) in [7, 11) is 0. The number of thioether (sulfide) groups is 1. The Bertz CT molecular complexity index is 1580. The fourth-order valence-electron chi connectivity index (χ4n) is 3.78. The molecular formula is C24H18ClN7O7S2.